The lowest BCUT2D eigenvalue weighted by atomic mass is 10.2. The van der Waals surface area contributed by atoms with E-state index in [1.54, 1.807) is 12.1 Å². The molecule has 5 nitrogen and oxygen atoms in total. The number of aromatic nitrogens is 3. The van der Waals surface area contributed by atoms with Crippen molar-refractivity contribution in [2.45, 2.75) is 10.8 Å². The average molecular weight is 364 g/mol. The maximum Gasteiger partial charge on any atom is 0.251 e. The van der Waals surface area contributed by atoms with Crippen LogP contribution in [0, 0.1) is 5.21 Å². The smallest absolute Gasteiger partial charge is 0.251 e. The van der Waals surface area contributed by atoms with Crippen LogP contribution in [0.4, 0.5) is 0 Å². The van der Waals surface area contributed by atoms with Gasteiger partial charge in [-0.15, -0.1) is 0 Å². The quantitative estimate of drug-likeness (QED) is 0.403. The second-order valence-corrected chi connectivity index (χ2v) is 6.09. The van der Waals surface area contributed by atoms with Crippen molar-refractivity contribution in [3.05, 3.63) is 64.2 Å². The van der Waals surface area contributed by atoms with Gasteiger partial charge in [-0.2, -0.15) is 9.71 Å². The molecule has 0 fully saturated rings. The van der Waals surface area contributed by atoms with Crippen molar-refractivity contribution in [3.63, 3.8) is 0 Å². The van der Waals surface area contributed by atoms with Crippen LogP contribution in [0.25, 0.3) is 11.4 Å². The summed E-state index contributed by atoms with van der Waals surface area (Å²) >= 11 is 4.76. The lowest BCUT2D eigenvalue weighted by Gasteiger charge is -2.00. The molecular weight excluding hydrogens is 354 g/mol. The Bertz CT molecular complexity index is 763. The first-order chi connectivity index (χ1) is 10.2. The molecule has 0 aliphatic carbocycles. The number of rotatable bonds is 4. The molecule has 1 aromatic carbocycles. The minimum absolute atomic E-state index is 0.452. The molecule has 106 valence electrons. The van der Waals surface area contributed by atoms with Crippen molar-refractivity contribution in [1.82, 2.24) is 10.1 Å². The van der Waals surface area contributed by atoms with E-state index < -0.39 is 0 Å². The van der Waals surface area contributed by atoms with Crippen LogP contribution in [-0.4, -0.2) is 10.1 Å². The normalized spacial score (nSPS) is 10.7. The van der Waals surface area contributed by atoms with Crippen LogP contribution >= 0.6 is 27.7 Å². The van der Waals surface area contributed by atoms with Crippen LogP contribution in [0.1, 0.15) is 5.89 Å². The van der Waals surface area contributed by atoms with Crippen molar-refractivity contribution < 1.29 is 9.25 Å². The highest BCUT2D eigenvalue weighted by atomic mass is 79.9. The molecular formula is C14H10BrN3O2S. The van der Waals surface area contributed by atoms with Gasteiger partial charge in [0, 0.05) is 22.2 Å². The van der Waals surface area contributed by atoms with E-state index in [0.29, 0.717) is 22.5 Å². The third kappa shape index (κ3) is 3.43. The van der Waals surface area contributed by atoms with Gasteiger partial charge in [0.2, 0.25) is 11.7 Å². The van der Waals surface area contributed by atoms with Gasteiger partial charge >= 0.3 is 0 Å². The molecule has 2 aromatic heterocycles. The number of pyridine rings is 1. The minimum Gasteiger partial charge on any atom is -0.618 e. The predicted octanol–water partition coefficient (Wildman–Crippen LogP) is 3.42. The van der Waals surface area contributed by atoms with E-state index in [0.717, 1.165) is 14.8 Å². The van der Waals surface area contributed by atoms with Gasteiger partial charge in [-0.1, -0.05) is 33.2 Å². The average Bonchev–Trinajstić information content (AvgIpc) is 2.95. The Morgan fingerprint density at radius 2 is 2.14 bits per heavy atom. The van der Waals surface area contributed by atoms with Gasteiger partial charge in [0.15, 0.2) is 6.20 Å². The van der Waals surface area contributed by atoms with Crippen LogP contribution in [0.15, 0.2) is 62.7 Å². The fraction of sp³-hybridized carbons (Fsp3) is 0.0714. The van der Waals surface area contributed by atoms with Gasteiger partial charge in [0.25, 0.3) is 5.03 Å². The number of thioether (sulfide) groups is 1. The monoisotopic (exact) mass is 363 g/mol. The SMILES string of the molecule is [O-][n+]1ccccc1SCc1nc(-c2cccc(Br)c2)no1. The van der Waals surface area contributed by atoms with Gasteiger partial charge in [-0.25, -0.2) is 0 Å². The Labute approximate surface area is 133 Å². The van der Waals surface area contributed by atoms with E-state index in [2.05, 4.69) is 26.1 Å². The molecule has 0 atom stereocenters. The molecule has 0 spiro atoms. The largest absolute Gasteiger partial charge is 0.618 e. The molecule has 7 heteroatoms. The molecule has 0 saturated carbocycles. The van der Waals surface area contributed by atoms with Gasteiger partial charge in [0.1, 0.15) is 0 Å². The Morgan fingerprint density at radius 1 is 1.24 bits per heavy atom. The van der Waals surface area contributed by atoms with Crippen molar-refractivity contribution in [3.8, 4) is 11.4 Å². The topological polar surface area (TPSA) is 65.9 Å². The molecule has 0 unspecified atom stereocenters. The summed E-state index contributed by atoms with van der Waals surface area (Å²) in [5.41, 5.74) is 0.878. The molecule has 0 bridgehead atoms. The van der Waals surface area contributed by atoms with E-state index in [1.165, 1.54) is 18.0 Å². The lowest BCUT2D eigenvalue weighted by Crippen LogP contribution is -2.27. The first-order valence-corrected chi connectivity index (χ1v) is 7.90. The predicted molar refractivity (Wildman–Crippen MR) is 82.4 cm³/mol. The number of hydrogen-bond donors (Lipinski definition) is 0. The number of hydrogen-bond acceptors (Lipinski definition) is 5. The molecule has 0 saturated heterocycles. The van der Waals surface area contributed by atoms with Gasteiger partial charge in [0.05, 0.1) is 5.75 Å². The van der Waals surface area contributed by atoms with Crippen molar-refractivity contribution in [2.75, 3.05) is 0 Å². The van der Waals surface area contributed by atoms with Crippen molar-refractivity contribution in [1.29, 1.82) is 0 Å². The molecule has 0 amide bonds. The standard InChI is InChI=1S/C14H10BrN3O2S/c15-11-5-3-4-10(8-11)14-16-12(20-17-14)9-21-13-6-1-2-7-18(13)19/h1-8H,9H2. The minimum atomic E-state index is 0.452. The van der Waals surface area contributed by atoms with Gasteiger partial charge in [-0.3, -0.25) is 0 Å². The van der Waals surface area contributed by atoms with E-state index >= 15 is 0 Å². The highest BCUT2D eigenvalue weighted by Crippen LogP contribution is 2.23. The molecule has 21 heavy (non-hydrogen) atoms. The summed E-state index contributed by atoms with van der Waals surface area (Å²) in [6, 6.07) is 12.9. The second-order valence-electron chi connectivity index (χ2n) is 4.18. The molecule has 3 rings (SSSR count). The highest BCUT2D eigenvalue weighted by Gasteiger charge is 2.12. The van der Waals surface area contributed by atoms with Crippen molar-refractivity contribution >= 4 is 27.7 Å². The zero-order valence-corrected chi connectivity index (χ0v) is 13.2. The summed E-state index contributed by atoms with van der Waals surface area (Å²) in [6.45, 7) is 0. The summed E-state index contributed by atoms with van der Waals surface area (Å²) in [4.78, 5) is 4.34. The number of nitrogens with zero attached hydrogens (tertiary/aromatic N) is 3. The Hall–Kier alpha value is -1.86. The third-order valence-corrected chi connectivity index (χ3v) is 4.18. The fourth-order valence-electron chi connectivity index (χ4n) is 1.72. The summed E-state index contributed by atoms with van der Waals surface area (Å²) in [5.74, 6) is 1.47. The maximum absolute atomic E-state index is 11.5. The van der Waals surface area contributed by atoms with Gasteiger partial charge in [-0.05, 0) is 30.0 Å². The van der Waals surface area contributed by atoms with Crippen LogP contribution in [-0.2, 0) is 5.75 Å². The second kappa shape index (κ2) is 6.28. The zero-order valence-electron chi connectivity index (χ0n) is 10.8. The van der Waals surface area contributed by atoms with E-state index in [9.17, 15) is 5.21 Å². The summed E-state index contributed by atoms with van der Waals surface area (Å²) < 4.78 is 6.98. The number of benzene rings is 1. The van der Waals surface area contributed by atoms with Crippen LogP contribution < -0.4 is 4.73 Å². The lowest BCUT2D eigenvalue weighted by molar-refractivity contribution is -0.645. The molecule has 0 aliphatic heterocycles. The Morgan fingerprint density at radius 3 is 2.95 bits per heavy atom. The molecule has 2 heterocycles. The molecule has 3 aromatic rings. The van der Waals surface area contributed by atoms with Crippen LogP contribution in [0.2, 0.25) is 0 Å². The third-order valence-electron chi connectivity index (χ3n) is 2.68. The Kier molecular flexibility index (Phi) is 4.21. The first kappa shape index (κ1) is 14.1. The zero-order chi connectivity index (χ0) is 14.7. The first-order valence-electron chi connectivity index (χ1n) is 6.12. The molecule has 0 N–H and O–H groups in total. The van der Waals surface area contributed by atoms with Crippen LogP contribution in [0.5, 0.6) is 0 Å². The molecule has 0 radical (unpaired) electrons. The van der Waals surface area contributed by atoms with Gasteiger partial charge < -0.3 is 9.73 Å². The number of halogens is 1. The summed E-state index contributed by atoms with van der Waals surface area (Å²) in [5, 5.41) is 16.1. The molecule has 0 aliphatic rings. The Balaban J connectivity index is 1.72. The van der Waals surface area contributed by atoms with Crippen molar-refractivity contribution in [2.24, 2.45) is 0 Å². The fourth-order valence-corrected chi connectivity index (χ4v) is 2.87. The van der Waals surface area contributed by atoms with E-state index in [4.69, 9.17) is 4.52 Å². The summed E-state index contributed by atoms with van der Waals surface area (Å²) in [6.07, 6.45) is 1.46. The van der Waals surface area contributed by atoms with E-state index in [1.807, 2.05) is 30.3 Å². The summed E-state index contributed by atoms with van der Waals surface area (Å²) in [7, 11) is 0. The van der Waals surface area contributed by atoms with Crippen LogP contribution in [0.3, 0.4) is 0 Å². The maximum atomic E-state index is 11.5. The highest BCUT2D eigenvalue weighted by molar-refractivity contribution is 9.10. The van der Waals surface area contributed by atoms with E-state index in [-0.39, 0.29) is 0 Å².